The zero-order valence-electron chi connectivity index (χ0n) is 13.7. The number of benzene rings is 2. The van der Waals surface area contributed by atoms with Crippen molar-refractivity contribution in [2.45, 2.75) is 12.6 Å². The molecular formula is C18H14ClF4N3O. The van der Waals surface area contributed by atoms with Crippen molar-refractivity contribution in [3.8, 4) is 0 Å². The number of hydrogen-bond donors (Lipinski definition) is 0. The fourth-order valence-electron chi connectivity index (χ4n) is 2.30. The van der Waals surface area contributed by atoms with E-state index in [1.165, 1.54) is 24.7 Å². The van der Waals surface area contributed by atoms with Crippen LogP contribution < -0.4 is 0 Å². The van der Waals surface area contributed by atoms with E-state index in [1.54, 1.807) is 10.8 Å². The van der Waals surface area contributed by atoms with Crippen LogP contribution in [0.4, 0.5) is 17.6 Å². The van der Waals surface area contributed by atoms with Crippen molar-refractivity contribution in [1.82, 2.24) is 9.55 Å². The summed E-state index contributed by atoms with van der Waals surface area (Å²) in [5.74, 6) is -3.04. The lowest BCUT2D eigenvalue weighted by Crippen LogP contribution is -2.12. The molecule has 1 atom stereocenters. The second-order valence-corrected chi connectivity index (χ2v) is 5.42. The standard InChI is InChI=1S/C18H13F4N3O.ClH/c19-13-2-1-12(16(21)7-13)9-24-26-18(10-25-6-5-23-11-25)15-4-3-14(20)8-17(15)22;/h1-9,11,18H,10H2;1H/b24-9+;. The third kappa shape index (κ3) is 5.30. The number of oxime groups is 1. The second-order valence-electron chi connectivity index (χ2n) is 5.42. The molecule has 0 amide bonds. The van der Waals surface area contributed by atoms with Crippen LogP contribution in [0.2, 0.25) is 0 Å². The van der Waals surface area contributed by atoms with Crippen molar-refractivity contribution < 1.29 is 22.4 Å². The average Bonchev–Trinajstić information content (AvgIpc) is 3.09. The highest BCUT2D eigenvalue weighted by Crippen LogP contribution is 2.24. The molecule has 0 aliphatic rings. The molecule has 0 saturated carbocycles. The van der Waals surface area contributed by atoms with Crippen LogP contribution in [0, 0.1) is 23.3 Å². The van der Waals surface area contributed by atoms with Crippen LogP contribution in [-0.2, 0) is 11.4 Å². The first-order chi connectivity index (χ1) is 12.5. The summed E-state index contributed by atoms with van der Waals surface area (Å²) in [7, 11) is 0. The van der Waals surface area contributed by atoms with Crippen LogP contribution in [0.3, 0.4) is 0 Å². The third-order valence-corrected chi connectivity index (χ3v) is 3.59. The van der Waals surface area contributed by atoms with Crippen LogP contribution >= 0.6 is 12.4 Å². The van der Waals surface area contributed by atoms with Gasteiger partial charge in [0.05, 0.1) is 19.1 Å². The lowest BCUT2D eigenvalue weighted by Gasteiger charge is -2.16. The summed E-state index contributed by atoms with van der Waals surface area (Å²) >= 11 is 0. The number of rotatable bonds is 6. The van der Waals surface area contributed by atoms with Crippen LogP contribution in [0.1, 0.15) is 17.2 Å². The molecule has 0 fully saturated rings. The Kier molecular flexibility index (Phi) is 6.95. The fraction of sp³-hybridized carbons (Fsp3) is 0.111. The topological polar surface area (TPSA) is 39.4 Å². The van der Waals surface area contributed by atoms with E-state index < -0.39 is 29.4 Å². The average molecular weight is 400 g/mol. The van der Waals surface area contributed by atoms with E-state index in [0.29, 0.717) is 6.07 Å². The lowest BCUT2D eigenvalue weighted by molar-refractivity contribution is 0.0442. The van der Waals surface area contributed by atoms with Gasteiger partial charge in [0.2, 0.25) is 0 Å². The van der Waals surface area contributed by atoms with Gasteiger partial charge in [-0.15, -0.1) is 12.4 Å². The molecule has 2 aromatic carbocycles. The van der Waals surface area contributed by atoms with Crippen LogP contribution in [0.5, 0.6) is 0 Å². The zero-order chi connectivity index (χ0) is 18.5. The van der Waals surface area contributed by atoms with Crippen LogP contribution in [-0.4, -0.2) is 15.8 Å². The Morgan fingerprint density at radius 2 is 1.74 bits per heavy atom. The number of aromatic nitrogens is 2. The van der Waals surface area contributed by atoms with E-state index in [0.717, 1.165) is 24.4 Å². The highest BCUT2D eigenvalue weighted by molar-refractivity contribution is 5.85. The summed E-state index contributed by atoms with van der Waals surface area (Å²) in [6, 6.07) is 6.08. The van der Waals surface area contributed by atoms with Crippen LogP contribution in [0.15, 0.2) is 60.3 Å². The fourth-order valence-corrected chi connectivity index (χ4v) is 2.30. The summed E-state index contributed by atoms with van der Waals surface area (Å²) in [6.45, 7) is 0.145. The van der Waals surface area contributed by atoms with Gasteiger partial charge in [0.15, 0.2) is 6.10 Å². The molecule has 9 heteroatoms. The molecular weight excluding hydrogens is 386 g/mol. The number of nitrogens with zero attached hydrogens (tertiary/aromatic N) is 3. The molecule has 1 unspecified atom stereocenters. The first kappa shape index (κ1) is 20.4. The van der Waals surface area contributed by atoms with Gasteiger partial charge in [-0.2, -0.15) is 0 Å². The second kappa shape index (κ2) is 9.18. The molecule has 0 bridgehead atoms. The van der Waals surface area contributed by atoms with Gasteiger partial charge in [-0.25, -0.2) is 22.5 Å². The Hall–Kier alpha value is -2.87. The molecule has 142 valence electrons. The minimum Gasteiger partial charge on any atom is -0.386 e. The Bertz CT molecular complexity index is 919. The molecule has 0 aliphatic heterocycles. The van der Waals surface area contributed by atoms with E-state index in [1.807, 2.05) is 0 Å². The van der Waals surface area contributed by atoms with Crippen molar-refractivity contribution in [3.05, 3.63) is 89.5 Å². The largest absolute Gasteiger partial charge is 0.386 e. The summed E-state index contributed by atoms with van der Waals surface area (Å²) in [5, 5.41) is 3.67. The maximum absolute atomic E-state index is 14.1. The highest BCUT2D eigenvalue weighted by Gasteiger charge is 2.19. The van der Waals surface area contributed by atoms with Gasteiger partial charge in [0.25, 0.3) is 0 Å². The molecule has 0 aliphatic carbocycles. The maximum atomic E-state index is 14.1. The van der Waals surface area contributed by atoms with Gasteiger partial charge >= 0.3 is 0 Å². The van der Waals surface area contributed by atoms with Gasteiger partial charge in [-0.1, -0.05) is 5.16 Å². The maximum Gasteiger partial charge on any atom is 0.173 e. The number of imidazole rings is 1. The van der Waals surface area contributed by atoms with Crippen molar-refractivity contribution >= 4 is 18.6 Å². The van der Waals surface area contributed by atoms with Crippen molar-refractivity contribution in [1.29, 1.82) is 0 Å². The minimum absolute atomic E-state index is 0. The van der Waals surface area contributed by atoms with E-state index in [-0.39, 0.29) is 30.1 Å². The molecule has 3 rings (SSSR count). The molecule has 0 radical (unpaired) electrons. The molecule has 0 spiro atoms. The van der Waals surface area contributed by atoms with Crippen LogP contribution in [0.25, 0.3) is 0 Å². The van der Waals surface area contributed by atoms with E-state index in [4.69, 9.17) is 4.84 Å². The quantitative estimate of drug-likeness (QED) is 0.344. The molecule has 0 saturated heterocycles. The minimum atomic E-state index is -0.912. The van der Waals surface area contributed by atoms with Crippen molar-refractivity contribution in [2.75, 3.05) is 0 Å². The first-order valence-electron chi connectivity index (χ1n) is 7.58. The normalized spacial score (nSPS) is 12.0. The SMILES string of the molecule is Cl.Fc1ccc(/C=N/OC(Cn2ccnc2)c2ccc(F)cc2F)c(F)c1. The monoisotopic (exact) mass is 399 g/mol. The Morgan fingerprint density at radius 3 is 2.37 bits per heavy atom. The smallest absolute Gasteiger partial charge is 0.173 e. The number of halogens is 5. The lowest BCUT2D eigenvalue weighted by atomic mass is 10.1. The molecule has 4 nitrogen and oxygen atoms in total. The van der Waals surface area contributed by atoms with Gasteiger partial charge < -0.3 is 9.40 Å². The zero-order valence-corrected chi connectivity index (χ0v) is 14.5. The Labute approximate surface area is 158 Å². The van der Waals surface area contributed by atoms with Crippen molar-refractivity contribution in [2.24, 2.45) is 5.16 Å². The van der Waals surface area contributed by atoms with E-state index in [9.17, 15) is 17.6 Å². The summed E-state index contributed by atoms with van der Waals surface area (Å²) in [6.07, 6.45) is 4.82. The van der Waals surface area contributed by atoms with Gasteiger partial charge in [0, 0.05) is 35.7 Å². The predicted molar refractivity (Wildman–Crippen MR) is 93.6 cm³/mol. The molecule has 27 heavy (non-hydrogen) atoms. The summed E-state index contributed by atoms with van der Waals surface area (Å²) in [4.78, 5) is 9.19. The highest BCUT2D eigenvalue weighted by atomic mass is 35.5. The van der Waals surface area contributed by atoms with Crippen molar-refractivity contribution in [3.63, 3.8) is 0 Å². The Morgan fingerprint density at radius 1 is 1.04 bits per heavy atom. The summed E-state index contributed by atoms with van der Waals surface area (Å²) in [5.41, 5.74) is 0.0872. The summed E-state index contributed by atoms with van der Waals surface area (Å²) < 4.78 is 55.4. The first-order valence-corrected chi connectivity index (χ1v) is 7.58. The van der Waals surface area contributed by atoms with Gasteiger partial charge in [0.1, 0.15) is 23.3 Å². The van der Waals surface area contributed by atoms with Gasteiger partial charge in [-0.05, 0) is 24.3 Å². The Balaban J connectivity index is 0.00000261. The molecule has 3 aromatic rings. The molecule has 1 aromatic heterocycles. The van der Waals surface area contributed by atoms with Gasteiger partial charge in [-0.3, -0.25) is 0 Å². The third-order valence-electron chi connectivity index (χ3n) is 3.59. The number of hydrogen-bond acceptors (Lipinski definition) is 3. The van der Waals surface area contributed by atoms with E-state index >= 15 is 0 Å². The van der Waals surface area contributed by atoms with E-state index in [2.05, 4.69) is 10.1 Å². The predicted octanol–water partition coefficient (Wildman–Crippen LogP) is 4.65. The molecule has 0 N–H and O–H groups in total. The molecule has 1 heterocycles.